The van der Waals surface area contributed by atoms with E-state index >= 15 is 0 Å². The van der Waals surface area contributed by atoms with Gasteiger partial charge in [-0.3, -0.25) is 0 Å². The number of benzene rings is 2. The fourth-order valence-corrected chi connectivity index (χ4v) is 3.17. The van der Waals surface area contributed by atoms with Gasteiger partial charge < -0.3 is 10.1 Å². The van der Waals surface area contributed by atoms with Crippen LogP contribution in [0.25, 0.3) is 0 Å². The Hall–Kier alpha value is -0.780. The first-order chi connectivity index (χ1) is 9.97. The van der Waals surface area contributed by atoms with Gasteiger partial charge in [0, 0.05) is 9.13 Å². The number of halogens is 2. The van der Waals surface area contributed by atoms with Crippen molar-refractivity contribution in [3.63, 3.8) is 0 Å². The summed E-state index contributed by atoms with van der Waals surface area (Å²) in [6, 6.07) is 10.5. The standard InChI is InChI=1S/C17H19ClINO/c1-10-7-11(2)16(15(8-10)21-4)17(20-3)12-5-6-14(19)13(18)9-12/h5-9,17,20H,1-4H3. The first-order valence-corrected chi connectivity index (χ1v) is 8.21. The van der Waals surface area contributed by atoms with Crippen LogP contribution in [0.4, 0.5) is 0 Å². The molecule has 21 heavy (non-hydrogen) atoms. The summed E-state index contributed by atoms with van der Waals surface area (Å²) < 4.78 is 6.65. The van der Waals surface area contributed by atoms with Crippen molar-refractivity contribution in [2.45, 2.75) is 19.9 Å². The van der Waals surface area contributed by atoms with E-state index in [1.54, 1.807) is 7.11 Å². The number of hydrogen-bond acceptors (Lipinski definition) is 2. The molecule has 0 fully saturated rings. The van der Waals surface area contributed by atoms with Crippen LogP contribution in [-0.2, 0) is 0 Å². The molecule has 1 N–H and O–H groups in total. The smallest absolute Gasteiger partial charge is 0.124 e. The molecule has 2 nitrogen and oxygen atoms in total. The maximum Gasteiger partial charge on any atom is 0.124 e. The fourth-order valence-electron chi connectivity index (χ4n) is 2.65. The Morgan fingerprint density at radius 3 is 2.48 bits per heavy atom. The third-order valence-electron chi connectivity index (χ3n) is 3.57. The summed E-state index contributed by atoms with van der Waals surface area (Å²) in [6.45, 7) is 4.19. The lowest BCUT2D eigenvalue weighted by molar-refractivity contribution is 0.404. The molecule has 0 spiro atoms. The largest absolute Gasteiger partial charge is 0.496 e. The summed E-state index contributed by atoms with van der Waals surface area (Å²) in [5.74, 6) is 0.904. The quantitative estimate of drug-likeness (QED) is 0.719. The normalized spacial score (nSPS) is 12.3. The lowest BCUT2D eigenvalue weighted by atomic mass is 9.93. The Morgan fingerprint density at radius 1 is 1.19 bits per heavy atom. The number of aryl methyl sites for hydroxylation is 2. The number of rotatable bonds is 4. The van der Waals surface area contributed by atoms with Crippen molar-refractivity contribution >= 4 is 34.2 Å². The van der Waals surface area contributed by atoms with Crippen LogP contribution in [0.2, 0.25) is 5.02 Å². The molecule has 0 aliphatic rings. The minimum absolute atomic E-state index is 0.0510. The summed E-state index contributed by atoms with van der Waals surface area (Å²) in [7, 11) is 3.67. The van der Waals surface area contributed by atoms with Gasteiger partial charge in [-0.25, -0.2) is 0 Å². The first kappa shape index (κ1) is 16.6. The first-order valence-electron chi connectivity index (χ1n) is 6.75. The van der Waals surface area contributed by atoms with E-state index in [2.05, 4.69) is 60.0 Å². The van der Waals surface area contributed by atoms with Crippen molar-refractivity contribution in [3.8, 4) is 5.75 Å². The molecule has 1 unspecified atom stereocenters. The minimum Gasteiger partial charge on any atom is -0.496 e. The molecular weight excluding hydrogens is 397 g/mol. The Labute approximate surface area is 145 Å². The zero-order valence-electron chi connectivity index (χ0n) is 12.6. The second kappa shape index (κ2) is 6.99. The van der Waals surface area contributed by atoms with Gasteiger partial charge in [0.2, 0.25) is 0 Å². The third kappa shape index (κ3) is 3.52. The van der Waals surface area contributed by atoms with Crippen LogP contribution in [0, 0.1) is 17.4 Å². The van der Waals surface area contributed by atoms with Crippen molar-refractivity contribution in [3.05, 3.63) is 61.2 Å². The fraction of sp³-hybridized carbons (Fsp3) is 0.294. The van der Waals surface area contributed by atoms with Crippen molar-refractivity contribution in [1.29, 1.82) is 0 Å². The van der Waals surface area contributed by atoms with E-state index in [9.17, 15) is 0 Å². The average molecular weight is 416 g/mol. The van der Waals surface area contributed by atoms with Crippen molar-refractivity contribution in [2.24, 2.45) is 0 Å². The monoisotopic (exact) mass is 415 g/mol. The van der Waals surface area contributed by atoms with Crippen molar-refractivity contribution in [1.82, 2.24) is 5.32 Å². The molecule has 2 aromatic rings. The van der Waals surface area contributed by atoms with E-state index in [0.717, 1.165) is 25.5 Å². The van der Waals surface area contributed by atoms with Crippen LogP contribution in [0.15, 0.2) is 30.3 Å². The Balaban J connectivity index is 2.58. The van der Waals surface area contributed by atoms with Gasteiger partial charge in [0.15, 0.2) is 0 Å². The number of methoxy groups -OCH3 is 1. The highest BCUT2D eigenvalue weighted by Gasteiger charge is 2.20. The highest BCUT2D eigenvalue weighted by molar-refractivity contribution is 14.1. The zero-order valence-corrected chi connectivity index (χ0v) is 15.5. The summed E-state index contributed by atoms with van der Waals surface area (Å²) in [4.78, 5) is 0. The molecule has 112 valence electrons. The average Bonchev–Trinajstić information content (AvgIpc) is 2.45. The van der Waals surface area contributed by atoms with E-state index in [1.807, 2.05) is 19.2 Å². The van der Waals surface area contributed by atoms with Crippen LogP contribution in [0.5, 0.6) is 5.75 Å². The lowest BCUT2D eigenvalue weighted by Gasteiger charge is -2.23. The maximum absolute atomic E-state index is 6.27. The molecule has 0 aromatic heterocycles. The molecule has 0 bridgehead atoms. The van der Waals surface area contributed by atoms with E-state index < -0.39 is 0 Å². The van der Waals surface area contributed by atoms with Gasteiger partial charge >= 0.3 is 0 Å². The van der Waals surface area contributed by atoms with E-state index in [4.69, 9.17) is 16.3 Å². The molecule has 4 heteroatoms. The summed E-state index contributed by atoms with van der Waals surface area (Å²) in [5.41, 5.74) is 4.69. The molecule has 1 atom stereocenters. The van der Waals surface area contributed by atoms with Gasteiger partial charge in [-0.1, -0.05) is 23.7 Å². The third-order valence-corrected chi connectivity index (χ3v) is 5.14. The van der Waals surface area contributed by atoms with Gasteiger partial charge in [-0.15, -0.1) is 0 Å². The molecule has 2 rings (SSSR count). The summed E-state index contributed by atoms with van der Waals surface area (Å²) in [6.07, 6.45) is 0. The highest BCUT2D eigenvalue weighted by atomic mass is 127. The lowest BCUT2D eigenvalue weighted by Crippen LogP contribution is -2.19. The Morgan fingerprint density at radius 2 is 1.90 bits per heavy atom. The Bertz CT molecular complexity index is 657. The number of hydrogen-bond donors (Lipinski definition) is 1. The van der Waals surface area contributed by atoms with Crippen molar-refractivity contribution < 1.29 is 4.74 Å². The molecule has 2 aromatic carbocycles. The molecule has 0 heterocycles. The van der Waals surface area contributed by atoms with Crippen LogP contribution in [0.1, 0.15) is 28.3 Å². The SMILES string of the molecule is CNC(c1ccc(I)c(Cl)c1)c1c(C)cc(C)cc1OC. The van der Waals surface area contributed by atoms with Gasteiger partial charge in [-0.05, 0) is 78.4 Å². The van der Waals surface area contributed by atoms with Crippen LogP contribution in [-0.4, -0.2) is 14.2 Å². The predicted molar refractivity (Wildman–Crippen MR) is 97.5 cm³/mol. The zero-order chi connectivity index (χ0) is 15.6. The second-order valence-corrected chi connectivity index (χ2v) is 6.66. The molecule has 0 aliphatic heterocycles. The second-order valence-electron chi connectivity index (χ2n) is 5.09. The van der Waals surface area contributed by atoms with Gasteiger partial charge in [0.1, 0.15) is 5.75 Å². The topological polar surface area (TPSA) is 21.3 Å². The highest BCUT2D eigenvalue weighted by Crippen LogP contribution is 2.35. The molecular formula is C17H19ClINO. The van der Waals surface area contributed by atoms with Gasteiger partial charge in [-0.2, -0.15) is 0 Å². The Kier molecular flexibility index (Phi) is 5.52. The van der Waals surface area contributed by atoms with Crippen molar-refractivity contribution in [2.75, 3.05) is 14.2 Å². The summed E-state index contributed by atoms with van der Waals surface area (Å²) in [5, 5.41) is 4.15. The van der Waals surface area contributed by atoms with Crippen LogP contribution >= 0.6 is 34.2 Å². The molecule has 0 amide bonds. The number of nitrogens with one attached hydrogen (secondary N) is 1. The molecule has 0 saturated carbocycles. The number of ether oxygens (including phenoxy) is 1. The molecule has 0 radical (unpaired) electrons. The molecule has 0 aliphatic carbocycles. The molecule has 0 saturated heterocycles. The van der Waals surface area contributed by atoms with Gasteiger partial charge in [0.05, 0.1) is 18.2 Å². The van der Waals surface area contributed by atoms with Crippen LogP contribution < -0.4 is 10.1 Å². The summed E-state index contributed by atoms with van der Waals surface area (Å²) >= 11 is 8.51. The minimum atomic E-state index is 0.0510. The maximum atomic E-state index is 6.27. The van der Waals surface area contributed by atoms with E-state index in [1.165, 1.54) is 11.1 Å². The predicted octanol–water partition coefficient (Wildman–Crippen LogP) is 4.88. The van der Waals surface area contributed by atoms with Crippen LogP contribution in [0.3, 0.4) is 0 Å². The van der Waals surface area contributed by atoms with Gasteiger partial charge in [0.25, 0.3) is 0 Å². The van der Waals surface area contributed by atoms with E-state index in [-0.39, 0.29) is 6.04 Å². The van der Waals surface area contributed by atoms with E-state index in [0.29, 0.717) is 0 Å².